The summed E-state index contributed by atoms with van der Waals surface area (Å²) in [5.74, 6) is 0. The monoisotopic (exact) mass is 194 g/mol. The van der Waals surface area contributed by atoms with Gasteiger partial charge in [0.05, 0.1) is 0 Å². The van der Waals surface area contributed by atoms with Crippen LogP contribution in [0.1, 0.15) is 5.56 Å². The van der Waals surface area contributed by atoms with E-state index in [9.17, 15) is 4.79 Å². The van der Waals surface area contributed by atoms with Gasteiger partial charge in [-0.25, -0.2) is 4.98 Å². The highest BCUT2D eigenvalue weighted by Gasteiger charge is 2.02. The standard InChI is InChI=1S/C9H7ClN2O/c1-5-4-6-2-3-11-9(13)7(6)12-8(5)10/h2-4H,1H3,(H,11,13). The summed E-state index contributed by atoms with van der Waals surface area (Å²) in [6.07, 6.45) is 1.60. The number of hydrogen-bond donors (Lipinski definition) is 1. The molecule has 0 aliphatic carbocycles. The zero-order chi connectivity index (χ0) is 9.42. The first kappa shape index (κ1) is 8.26. The highest BCUT2D eigenvalue weighted by Crippen LogP contribution is 2.16. The first-order valence-electron chi connectivity index (χ1n) is 3.83. The maximum atomic E-state index is 11.3. The SMILES string of the molecule is Cc1cc2cc[nH]c(=O)c2nc1Cl. The molecule has 0 saturated heterocycles. The van der Waals surface area contributed by atoms with Gasteiger partial charge in [-0.1, -0.05) is 11.6 Å². The van der Waals surface area contributed by atoms with Crippen molar-refractivity contribution < 1.29 is 0 Å². The maximum Gasteiger partial charge on any atom is 0.274 e. The van der Waals surface area contributed by atoms with Crippen molar-refractivity contribution in [2.75, 3.05) is 0 Å². The molecular weight excluding hydrogens is 188 g/mol. The van der Waals surface area contributed by atoms with E-state index >= 15 is 0 Å². The molecule has 0 saturated carbocycles. The van der Waals surface area contributed by atoms with Crippen molar-refractivity contribution >= 4 is 22.5 Å². The summed E-state index contributed by atoms with van der Waals surface area (Å²) in [4.78, 5) is 17.8. The summed E-state index contributed by atoms with van der Waals surface area (Å²) >= 11 is 5.80. The van der Waals surface area contributed by atoms with Crippen molar-refractivity contribution in [1.29, 1.82) is 0 Å². The second-order valence-electron chi connectivity index (χ2n) is 2.84. The van der Waals surface area contributed by atoms with Crippen molar-refractivity contribution in [3.05, 3.63) is 39.4 Å². The van der Waals surface area contributed by atoms with Gasteiger partial charge >= 0.3 is 0 Å². The van der Waals surface area contributed by atoms with Crippen LogP contribution in [0.4, 0.5) is 0 Å². The fraction of sp³-hybridized carbons (Fsp3) is 0.111. The first-order chi connectivity index (χ1) is 6.18. The van der Waals surface area contributed by atoms with Crippen LogP contribution in [0, 0.1) is 6.92 Å². The van der Waals surface area contributed by atoms with E-state index in [0.29, 0.717) is 10.7 Å². The van der Waals surface area contributed by atoms with Crippen LogP contribution in [0.15, 0.2) is 23.1 Å². The molecule has 0 spiro atoms. The van der Waals surface area contributed by atoms with Gasteiger partial charge in [-0.3, -0.25) is 4.79 Å². The smallest absolute Gasteiger partial charge is 0.274 e. The van der Waals surface area contributed by atoms with Gasteiger partial charge in [0.15, 0.2) is 0 Å². The lowest BCUT2D eigenvalue weighted by Gasteiger charge is -1.99. The Morgan fingerprint density at radius 3 is 3.08 bits per heavy atom. The Morgan fingerprint density at radius 1 is 1.54 bits per heavy atom. The number of aryl methyl sites for hydroxylation is 1. The number of halogens is 1. The van der Waals surface area contributed by atoms with Crippen LogP contribution in [0.2, 0.25) is 5.15 Å². The largest absolute Gasteiger partial charge is 0.327 e. The number of pyridine rings is 2. The van der Waals surface area contributed by atoms with E-state index in [4.69, 9.17) is 11.6 Å². The highest BCUT2D eigenvalue weighted by molar-refractivity contribution is 6.30. The number of nitrogens with one attached hydrogen (secondary N) is 1. The molecule has 4 heteroatoms. The molecule has 0 bridgehead atoms. The van der Waals surface area contributed by atoms with Crippen LogP contribution >= 0.6 is 11.6 Å². The Hall–Kier alpha value is -1.35. The zero-order valence-electron chi connectivity index (χ0n) is 6.97. The summed E-state index contributed by atoms with van der Waals surface area (Å²) in [5.41, 5.74) is 1.05. The van der Waals surface area contributed by atoms with Gasteiger partial charge in [-0.15, -0.1) is 0 Å². The molecule has 0 aliphatic rings. The second kappa shape index (κ2) is 2.85. The summed E-state index contributed by atoms with van der Waals surface area (Å²) in [5, 5.41) is 1.19. The predicted octanol–water partition coefficient (Wildman–Crippen LogP) is 1.88. The topological polar surface area (TPSA) is 45.8 Å². The Labute approximate surface area is 79.4 Å². The molecule has 2 rings (SSSR count). The number of H-pyrrole nitrogens is 1. The molecule has 0 aliphatic heterocycles. The quantitative estimate of drug-likeness (QED) is 0.651. The lowest BCUT2D eigenvalue weighted by Crippen LogP contribution is -2.06. The third kappa shape index (κ3) is 1.31. The average molecular weight is 195 g/mol. The minimum atomic E-state index is -0.209. The third-order valence-corrected chi connectivity index (χ3v) is 2.26. The van der Waals surface area contributed by atoms with Crippen LogP contribution in [0.5, 0.6) is 0 Å². The van der Waals surface area contributed by atoms with E-state index in [1.807, 2.05) is 13.0 Å². The Balaban J connectivity index is 2.97. The van der Waals surface area contributed by atoms with Crippen LogP contribution < -0.4 is 5.56 Å². The molecule has 2 heterocycles. The number of hydrogen-bond acceptors (Lipinski definition) is 2. The molecule has 0 aromatic carbocycles. The van der Waals surface area contributed by atoms with Crippen molar-refractivity contribution in [1.82, 2.24) is 9.97 Å². The molecule has 2 aromatic heterocycles. The van der Waals surface area contributed by atoms with E-state index in [1.165, 1.54) is 0 Å². The number of fused-ring (bicyclic) bond motifs is 1. The number of aromatic amines is 1. The van der Waals surface area contributed by atoms with E-state index in [-0.39, 0.29) is 5.56 Å². The van der Waals surface area contributed by atoms with Crippen LogP contribution in [-0.4, -0.2) is 9.97 Å². The van der Waals surface area contributed by atoms with Gasteiger partial charge in [-0.2, -0.15) is 0 Å². The Kier molecular flexibility index (Phi) is 1.81. The van der Waals surface area contributed by atoms with Crippen molar-refractivity contribution in [3.8, 4) is 0 Å². The molecule has 1 N–H and O–H groups in total. The zero-order valence-corrected chi connectivity index (χ0v) is 7.72. The molecule has 66 valence electrons. The lowest BCUT2D eigenvalue weighted by atomic mass is 10.2. The Bertz CT molecular complexity index is 518. The number of rotatable bonds is 0. The summed E-state index contributed by atoms with van der Waals surface area (Å²) in [6.45, 7) is 1.86. The minimum Gasteiger partial charge on any atom is -0.327 e. The molecule has 0 atom stereocenters. The molecule has 0 fully saturated rings. The molecule has 3 nitrogen and oxygen atoms in total. The number of aromatic nitrogens is 2. The fourth-order valence-electron chi connectivity index (χ4n) is 1.20. The lowest BCUT2D eigenvalue weighted by molar-refractivity contribution is 1.22. The van der Waals surface area contributed by atoms with Gasteiger partial charge in [-0.05, 0) is 24.6 Å². The molecule has 0 unspecified atom stereocenters. The van der Waals surface area contributed by atoms with Crippen molar-refractivity contribution in [3.63, 3.8) is 0 Å². The fourth-order valence-corrected chi connectivity index (χ4v) is 1.34. The highest BCUT2D eigenvalue weighted by atomic mass is 35.5. The van der Waals surface area contributed by atoms with E-state index < -0.39 is 0 Å². The average Bonchev–Trinajstić information content (AvgIpc) is 2.09. The third-order valence-electron chi connectivity index (χ3n) is 1.87. The first-order valence-corrected chi connectivity index (χ1v) is 4.21. The van der Waals surface area contributed by atoms with E-state index in [0.717, 1.165) is 10.9 Å². The van der Waals surface area contributed by atoms with Gasteiger partial charge in [0.1, 0.15) is 10.7 Å². The van der Waals surface area contributed by atoms with E-state index in [2.05, 4.69) is 9.97 Å². The van der Waals surface area contributed by atoms with Gasteiger partial charge in [0.2, 0.25) is 0 Å². The maximum absolute atomic E-state index is 11.3. The normalized spacial score (nSPS) is 10.6. The van der Waals surface area contributed by atoms with Gasteiger partial charge in [0.25, 0.3) is 5.56 Å². The number of nitrogens with zero attached hydrogens (tertiary/aromatic N) is 1. The second-order valence-corrected chi connectivity index (χ2v) is 3.20. The van der Waals surface area contributed by atoms with Crippen LogP contribution in [0.25, 0.3) is 10.9 Å². The predicted molar refractivity (Wildman–Crippen MR) is 52.1 cm³/mol. The van der Waals surface area contributed by atoms with E-state index in [1.54, 1.807) is 12.3 Å². The van der Waals surface area contributed by atoms with Crippen molar-refractivity contribution in [2.45, 2.75) is 6.92 Å². The molecule has 13 heavy (non-hydrogen) atoms. The van der Waals surface area contributed by atoms with Gasteiger partial charge < -0.3 is 4.98 Å². The van der Waals surface area contributed by atoms with Crippen molar-refractivity contribution in [2.24, 2.45) is 0 Å². The molecule has 2 aromatic rings. The summed E-state index contributed by atoms with van der Waals surface area (Å²) < 4.78 is 0. The Morgan fingerprint density at radius 2 is 2.31 bits per heavy atom. The van der Waals surface area contributed by atoms with Gasteiger partial charge in [0, 0.05) is 11.6 Å². The molecule has 0 amide bonds. The summed E-state index contributed by atoms with van der Waals surface area (Å²) in [7, 11) is 0. The molecule has 0 radical (unpaired) electrons. The summed E-state index contributed by atoms with van der Waals surface area (Å²) in [6, 6.07) is 3.65. The minimum absolute atomic E-state index is 0.209. The van der Waals surface area contributed by atoms with Crippen LogP contribution in [-0.2, 0) is 0 Å². The molecular formula is C9H7ClN2O. The van der Waals surface area contributed by atoms with Crippen LogP contribution in [0.3, 0.4) is 0 Å².